The van der Waals surface area contributed by atoms with Crippen LogP contribution in [0.5, 0.6) is 0 Å². The van der Waals surface area contributed by atoms with Crippen LogP contribution in [0, 0.1) is 10.1 Å². The van der Waals surface area contributed by atoms with Gasteiger partial charge in [-0.25, -0.2) is 19.2 Å². The van der Waals surface area contributed by atoms with Gasteiger partial charge in [-0.2, -0.15) is 5.10 Å². The number of rotatable bonds is 3. The van der Waals surface area contributed by atoms with E-state index in [1.807, 2.05) is 6.92 Å². The first-order valence-corrected chi connectivity index (χ1v) is 6.56. The van der Waals surface area contributed by atoms with E-state index in [2.05, 4.69) is 20.1 Å². The van der Waals surface area contributed by atoms with Crippen LogP contribution in [-0.4, -0.2) is 34.2 Å². The smallest absolute Gasteiger partial charge is 0.342 e. The van der Waals surface area contributed by atoms with Gasteiger partial charge in [0.1, 0.15) is 17.4 Å². The Morgan fingerprint density at radius 2 is 2.14 bits per heavy atom. The maximum Gasteiger partial charge on any atom is 0.342 e. The Labute approximate surface area is 123 Å². The van der Waals surface area contributed by atoms with Crippen LogP contribution in [0.4, 0.5) is 5.82 Å². The molecular formula is C12H13N7O3. The number of nitrogens with zero attached hydrogens (tertiary/aromatic N) is 6. The number of aromatic amines is 1. The van der Waals surface area contributed by atoms with Crippen LogP contribution >= 0.6 is 0 Å². The highest BCUT2D eigenvalue weighted by atomic mass is 16.6. The molecule has 0 unspecified atom stereocenters. The van der Waals surface area contributed by atoms with Crippen molar-refractivity contribution in [3.05, 3.63) is 32.5 Å². The Hall–Kier alpha value is -3.04. The number of aromatic nitrogens is 6. The average molecular weight is 303 g/mol. The fourth-order valence-corrected chi connectivity index (χ4v) is 2.32. The summed E-state index contributed by atoms with van der Waals surface area (Å²) in [5.41, 5.74) is 0.348. The fraction of sp³-hybridized carbons (Fsp3) is 0.333. The number of hydrogen-bond donors (Lipinski definition) is 1. The minimum atomic E-state index is -0.542. The zero-order valence-electron chi connectivity index (χ0n) is 12.2. The van der Waals surface area contributed by atoms with Crippen LogP contribution < -0.4 is 5.56 Å². The molecule has 3 heterocycles. The number of nitro groups is 1. The summed E-state index contributed by atoms with van der Waals surface area (Å²) in [6.45, 7) is 1.88. The summed E-state index contributed by atoms with van der Waals surface area (Å²) in [6, 6.07) is 0. The van der Waals surface area contributed by atoms with E-state index in [0.717, 1.165) is 6.20 Å². The number of aryl methyl sites for hydroxylation is 2. The van der Waals surface area contributed by atoms with Gasteiger partial charge in [0.2, 0.25) is 5.82 Å². The van der Waals surface area contributed by atoms with E-state index in [1.54, 1.807) is 7.05 Å². The van der Waals surface area contributed by atoms with Crippen molar-refractivity contribution in [2.24, 2.45) is 14.1 Å². The van der Waals surface area contributed by atoms with Crippen molar-refractivity contribution in [1.82, 2.24) is 29.3 Å². The summed E-state index contributed by atoms with van der Waals surface area (Å²) < 4.78 is 2.76. The lowest BCUT2D eigenvalue weighted by Crippen LogP contribution is -2.12. The van der Waals surface area contributed by atoms with Gasteiger partial charge in [-0.1, -0.05) is 6.92 Å². The Bertz CT molecular complexity index is 950. The molecule has 0 saturated carbocycles. The Balaban J connectivity index is 2.33. The molecule has 114 valence electrons. The van der Waals surface area contributed by atoms with E-state index in [-0.39, 0.29) is 28.3 Å². The summed E-state index contributed by atoms with van der Waals surface area (Å²) >= 11 is 0. The lowest BCUT2D eigenvalue weighted by Gasteiger charge is -1.98. The topological polar surface area (TPSA) is 125 Å². The van der Waals surface area contributed by atoms with Gasteiger partial charge in [-0.3, -0.25) is 4.79 Å². The van der Waals surface area contributed by atoms with Crippen LogP contribution in [0.25, 0.3) is 22.6 Å². The van der Waals surface area contributed by atoms with E-state index in [1.165, 1.54) is 16.3 Å². The second kappa shape index (κ2) is 4.76. The third kappa shape index (κ3) is 1.88. The molecule has 10 nitrogen and oxygen atoms in total. The number of nitrogens with one attached hydrogen (secondary N) is 1. The third-order valence-corrected chi connectivity index (χ3v) is 3.44. The highest BCUT2D eigenvalue weighted by molar-refractivity contribution is 5.88. The van der Waals surface area contributed by atoms with E-state index >= 15 is 0 Å². The fourth-order valence-electron chi connectivity index (χ4n) is 2.32. The molecule has 3 rings (SSSR count). The Kier molecular flexibility index (Phi) is 3.01. The number of H-pyrrole nitrogens is 1. The quantitative estimate of drug-likeness (QED) is 0.555. The molecule has 0 aromatic carbocycles. The molecule has 0 spiro atoms. The molecule has 3 aromatic heterocycles. The molecule has 0 aliphatic rings. The molecule has 22 heavy (non-hydrogen) atoms. The molecular weight excluding hydrogens is 290 g/mol. The van der Waals surface area contributed by atoms with Gasteiger partial charge in [-0.15, -0.1) is 0 Å². The number of fused-ring (bicyclic) bond motifs is 1. The molecule has 0 radical (unpaired) electrons. The standard InChI is InChI=1S/C12H13N7O3/c1-4-6-14-10-8(12(20)15-6)9(16-18(10)3)11-13-5-7(17(11)2)19(21)22/h5H,4H2,1-3H3,(H,14,15,20). The maximum atomic E-state index is 12.3. The van der Waals surface area contributed by atoms with E-state index in [4.69, 9.17) is 0 Å². The zero-order chi connectivity index (χ0) is 16.0. The van der Waals surface area contributed by atoms with Crippen molar-refractivity contribution >= 4 is 16.9 Å². The number of imidazole rings is 1. The summed E-state index contributed by atoms with van der Waals surface area (Å²) in [7, 11) is 3.16. The molecule has 0 fully saturated rings. The zero-order valence-corrected chi connectivity index (χ0v) is 12.2. The number of hydrogen-bond acceptors (Lipinski definition) is 6. The van der Waals surface area contributed by atoms with Crippen LogP contribution in [0.1, 0.15) is 12.7 Å². The van der Waals surface area contributed by atoms with Gasteiger partial charge in [-0.05, 0) is 4.92 Å². The molecule has 0 amide bonds. The first-order valence-electron chi connectivity index (χ1n) is 6.56. The van der Waals surface area contributed by atoms with Gasteiger partial charge >= 0.3 is 5.82 Å². The van der Waals surface area contributed by atoms with Crippen molar-refractivity contribution < 1.29 is 4.92 Å². The predicted octanol–water partition coefficient (Wildman–Crippen LogP) is 0.528. The summed E-state index contributed by atoms with van der Waals surface area (Å²) in [6.07, 6.45) is 1.72. The SMILES string of the molecule is CCc1nc2c(c(-c3ncc([N+](=O)[O-])n3C)nn2C)c(=O)[nH]1. The van der Waals surface area contributed by atoms with Crippen LogP contribution in [0.15, 0.2) is 11.0 Å². The molecule has 3 aromatic rings. The van der Waals surface area contributed by atoms with Crippen molar-refractivity contribution in [3.8, 4) is 11.5 Å². The van der Waals surface area contributed by atoms with Gasteiger partial charge in [0.25, 0.3) is 5.56 Å². The van der Waals surface area contributed by atoms with E-state index in [0.29, 0.717) is 17.9 Å². The highest BCUT2D eigenvalue weighted by Crippen LogP contribution is 2.25. The summed E-state index contributed by atoms with van der Waals surface area (Å²) in [4.78, 5) is 33.7. The van der Waals surface area contributed by atoms with Crippen molar-refractivity contribution in [2.75, 3.05) is 0 Å². The Morgan fingerprint density at radius 1 is 1.41 bits per heavy atom. The molecule has 1 N–H and O–H groups in total. The lowest BCUT2D eigenvalue weighted by molar-refractivity contribution is -0.391. The third-order valence-electron chi connectivity index (χ3n) is 3.44. The maximum absolute atomic E-state index is 12.3. The van der Waals surface area contributed by atoms with Crippen molar-refractivity contribution in [2.45, 2.75) is 13.3 Å². The summed E-state index contributed by atoms with van der Waals surface area (Å²) in [5, 5.41) is 15.4. The molecule has 0 aliphatic heterocycles. The van der Waals surface area contributed by atoms with Crippen LogP contribution in [-0.2, 0) is 20.5 Å². The normalized spacial score (nSPS) is 11.2. The van der Waals surface area contributed by atoms with Gasteiger partial charge in [0.05, 0.1) is 7.05 Å². The van der Waals surface area contributed by atoms with E-state index in [9.17, 15) is 14.9 Å². The largest absolute Gasteiger partial charge is 0.358 e. The van der Waals surface area contributed by atoms with Crippen LogP contribution in [0.2, 0.25) is 0 Å². The molecule has 10 heteroatoms. The minimum Gasteiger partial charge on any atom is -0.358 e. The predicted molar refractivity (Wildman–Crippen MR) is 77.4 cm³/mol. The second-order valence-electron chi connectivity index (χ2n) is 4.79. The van der Waals surface area contributed by atoms with Gasteiger partial charge in [0.15, 0.2) is 11.3 Å². The van der Waals surface area contributed by atoms with Crippen molar-refractivity contribution in [1.29, 1.82) is 0 Å². The first kappa shape index (κ1) is 13.9. The molecule has 0 bridgehead atoms. The molecule has 0 aliphatic carbocycles. The minimum absolute atomic E-state index is 0.177. The van der Waals surface area contributed by atoms with E-state index < -0.39 is 4.92 Å². The lowest BCUT2D eigenvalue weighted by atomic mass is 10.3. The molecule has 0 atom stereocenters. The second-order valence-corrected chi connectivity index (χ2v) is 4.79. The highest BCUT2D eigenvalue weighted by Gasteiger charge is 2.25. The Morgan fingerprint density at radius 3 is 2.73 bits per heavy atom. The average Bonchev–Trinajstić information content (AvgIpc) is 3.00. The summed E-state index contributed by atoms with van der Waals surface area (Å²) in [5.74, 6) is 0.620. The van der Waals surface area contributed by atoms with Gasteiger partial charge in [0, 0.05) is 13.5 Å². The van der Waals surface area contributed by atoms with Gasteiger partial charge < -0.3 is 15.1 Å². The molecule has 0 saturated heterocycles. The first-order chi connectivity index (χ1) is 10.4. The van der Waals surface area contributed by atoms with Crippen molar-refractivity contribution in [3.63, 3.8) is 0 Å². The van der Waals surface area contributed by atoms with Crippen LogP contribution in [0.3, 0.4) is 0 Å². The monoisotopic (exact) mass is 303 g/mol.